The standard InChI is InChI=1S/C10H13N5OS/c1-7(16)14-4-2-8(3-5-14)9-13-15-6-11-12-10(15)17-9/h6,8H,2-5H2,1H3. The molecule has 0 saturated carbocycles. The maximum atomic E-state index is 11.2. The lowest BCUT2D eigenvalue weighted by Crippen LogP contribution is -2.36. The van der Waals surface area contributed by atoms with Gasteiger partial charge in [-0.05, 0) is 12.8 Å². The van der Waals surface area contributed by atoms with Gasteiger partial charge < -0.3 is 4.90 Å². The molecule has 7 heteroatoms. The summed E-state index contributed by atoms with van der Waals surface area (Å²) in [6.45, 7) is 3.30. The molecule has 2 aromatic heterocycles. The third-order valence-corrected chi connectivity index (χ3v) is 4.27. The lowest BCUT2D eigenvalue weighted by atomic mass is 9.98. The van der Waals surface area contributed by atoms with Crippen LogP contribution in [-0.4, -0.2) is 43.7 Å². The van der Waals surface area contributed by atoms with Gasteiger partial charge in [-0.1, -0.05) is 11.3 Å². The molecule has 1 aliphatic rings. The Kier molecular flexibility index (Phi) is 2.54. The molecule has 3 rings (SSSR count). The van der Waals surface area contributed by atoms with Gasteiger partial charge in [-0.15, -0.1) is 10.2 Å². The van der Waals surface area contributed by atoms with Crippen LogP contribution in [0, 0.1) is 0 Å². The first-order valence-corrected chi connectivity index (χ1v) is 6.48. The molecule has 0 aliphatic carbocycles. The normalized spacial score (nSPS) is 17.8. The van der Waals surface area contributed by atoms with Crippen LogP contribution in [0.1, 0.15) is 30.7 Å². The Labute approximate surface area is 102 Å². The quantitative estimate of drug-likeness (QED) is 0.755. The molecule has 0 unspecified atom stereocenters. The fourth-order valence-corrected chi connectivity index (χ4v) is 3.17. The molecule has 0 radical (unpaired) electrons. The first-order valence-electron chi connectivity index (χ1n) is 5.66. The number of amides is 1. The Hall–Kier alpha value is -1.50. The zero-order valence-electron chi connectivity index (χ0n) is 9.54. The van der Waals surface area contributed by atoms with E-state index in [0.29, 0.717) is 5.92 Å². The highest BCUT2D eigenvalue weighted by atomic mass is 32.1. The minimum absolute atomic E-state index is 0.168. The molecule has 1 fully saturated rings. The fourth-order valence-electron chi connectivity index (χ4n) is 2.18. The van der Waals surface area contributed by atoms with Crippen molar-refractivity contribution in [3.8, 4) is 0 Å². The number of rotatable bonds is 1. The Morgan fingerprint density at radius 3 is 2.88 bits per heavy atom. The summed E-state index contributed by atoms with van der Waals surface area (Å²) in [6, 6.07) is 0. The van der Waals surface area contributed by atoms with Crippen molar-refractivity contribution in [3.05, 3.63) is 11.3 Å². The largest absolute Gasteiger partial charge is 0.343 e. The van der Waals surface area contributed by atoms with Crippen LogP contribution in [0.5, 0.6) is 0 Å². The van der Waals surface area contributed by atoms with Gasteiger partial charge in [0.05, 0.1) is 0 Å². The third-order valence-electron chi connectivity index (χ3n) is 3.19. The molecule has 0 N–H and O–H groups in total. The van der Waals surface area contributed by atoms with Gasteiger partial charge in [0.15, 0.2) is 0 Å². The average molecular weight is 251 g/mol. The summed E-state index contributed by atoms with van der Waals surface area (Å²) in [4.78, 5) is 14.0. The second kappa shape index (κ2) is 4.06. The van der Waals surface area contributed by atoms with Crippen molar-refractivity contribution in [3.63, 3.8) is 0 Å². The van der Waals surface area contributed by atoms with Crippen LogP contribution in [-0.2, 0) is 4.79 Å². The van der Waals surface area contributed by atoms with Crippen molar-refractivity contribution < 1.29 is 4.79 Å². The highest BCUT2D eigenvalue weighted by molar-refractivity contribution is 7.16. The predicted octanol–water partition coefficient (Wildman–Crippen LogP) is 0.912. The van der Waals surface area contributed by atoms with Gasteiger partial charge in [-0.2, -0.15) is 9.61 Å². The molecule has 1 saturated heterocycles. The predicted molar refractivity (Wildman–Crippen MR) is 62.9 cm³/mol. The van der Waals surface area contributed by atoms with Gasteiger partial charge in [0.2, 0.25) is 10.9 Å². The number of hydrogen-bond acceptors (Lipinski definition) is 5. The van der Waals surface area contributed by atoms with Crippen molar-refractivity contribution in [2.75, 3.05) is 13.1 Å². The summed E-state index contributed by atoms with van der Waals surface area (Å²) in [5.74, 6) is 0.624. The van der Waals surface area contributed by atoms with E-state index in [9.17, 15) is 4.79 Å². The van der Waals surface area contributed by atoms with Crippen molar-refractivity contribution >= 4 is 22.2 Å². The molecule has 17 heavy (non-hydrogen) atoms. The highest BCUT2D eigenvalue weighted by Crippen LogP contribution is 2.30. The van der Waals surface area contributed by atoms with Gasteiger partial charge in [0, 0.05) is 25.9 Å². The van der Waals surface area contributed by atoms with Crippen molar-refractivity contribution in [2.24, 2.45) is 0 Å². The zero-order chi connectivity index (χ0) is 11.8. The average Bonchev–Trinajstić information content (AvgIpc) is 2.89. The second-order valence-corrected chi connectivity index (χ2v) is 5.27. The first kappa shape index (κ1) is 10.6. The molecule has 0 atom stereocenters. The minimum Gasteiger partial charge on any atom is -0.343 e. The summed E-state index contributed by atoms with van der Waals surface area (Å²) < 4.78 is 1.72. The molecule has 0 bridgehead atoms. The van der Waals surface area contributed by atoms with E-state index in [0.717, 1.165) is 35.9 Å². The molecule has 1 amide bonds. The zero-order valence-corrected chi connectivity index (χ0v) is 10.4. The van der Waals surface area contributed by atoms with E-state index in [1.54, 1.807) is 29.1 Å². The molecular weight excluding hydrogens is 238 g/mol. The SMILES string of the molecule is CC(=O)N1CCC(c2nn3cnnc3s2)CC1. The Bertz CT molecular complexity index is 511. The summed E-state index contributed by atoms with van der Waals surface area (Å²) in [5, 5.41) is 13.4. The Morgan fingerprint density at radius 1 is 1.47 bits per heavy atom. The molecule has 2 aromatic rings. The molecule has 3 heterocycles. The van der Waals surface area contributed by atoms with Crippen LogP contribution in [0.2, 0.25) is 0 Å². The maximum absolute atomic E-state index is 11.2. The van der Waals surface area contributed by atoms with Crippen LogP contribution in [0.25, 0.3) is 4.96 Å². The van der Waals surface area contributed by atoms with Gasteiger partial charge in [0.25, 0.3) is 0 Å². The lowest BCUT2D eigenvalue weighted by Gasteiger charge is -2.29. The van der Waals surface area contributed by atoms with Gasteiger partial charge in [-0.25, -0.2) is 0 Å². The maximum Gasteiger partial charge on any atom is 0.234 e. The lowest BCUT2D eigenvalue weighted by molar-refractivity contribution is -0.129. The monoisotopic (exact) mass is 251 g/mol. The summed E-state index contributed by atoms with van der Waals surface area (Å²) in [5.41, 5.74) is 0. The summed E-state index contributed by atoms with van der Waals surface area (Å²) in [7, 11) is 0. The van der Waals surface area contributed by atoms with Crippen LogP contribution in [0.3, 0.4) is 0 Å². The van der Waals surface area contributed by atoms with E-state index in [1.807, 2.05) is 4.90 Å². The van der Waals surface area contributed by atoms with Crippen LogP contribution < -0.4 is 0 Å². The minimum atomic E-state index is 0.168. The van der Waals surface area contributed by atoms with Crippen molar-refractivity contribution in [1.82, 2.24) is 24.7 Å². The third kappa shape index (κ3) is 1.90. The van der Waals surface area contributed by atoms with E-state index in [-0.39, 0.29) is 5.91 Å². The first-order chi connectivity index (χ1) is 8.24. The highest BCUT2D eigenvalue weighted by Gasteiger charge is 2.24. The number of piperidine rings is 1. The van der Waals surface area contributed by atoms with E-state index < -0.39 is 0 Å². The second-order valence-electron chi connectivity index (χ2n) is 4.28. The number of nitrogens with zero attached hydrogens (tertiary/aromatic N) is 5. The number of likely N-dealkylation sites (tertiary alicyclic amines) is 1. The van der Waals surface area contributed by atoms with Crippen LogP contribution in [0.15, 0.2) is 6.33 Å². The summed E-state index contributed by atoms with van der Waals surface area (Å²) in [6.07, 6.45) is 3.60. The van der Waals surface area contributed by atoms with E-state index >= 15 is 0 Å². The number of fused-ring (bicyclic) bond motifs is 1. The van der Waals surface area contributed by atoms with Gasteiger partial charge in [0.1, 0.15) is 11.3 Å². The van der Waals surface area contributed by atoms with Gasteiger partial charge >= 0.3 is 0 Å². The molecule has 0 aromatic carbocycles. The number of carbonyl (C=O) groups excluding carboxylic acids is 1. The number of carbonyl (C=O) groups is 1. The Morgan fingerprint density at radius 2 is 2.24 bits per heavy atom. The molecular formula is C10H13N5OS. The Balaban J connectivity index is 1.74. The van der Waals surface area contributed by atoms with E-state index in [2.05, 4.69) is 15.3 Å². The summed E-state index contributed by atoms with van der Waals surface area (Å²) >= 11 is 1.59. The van der Waals surface area contributed by atoms with Gasteiger partial charge in [-0.3, -0.25) is 4.79 Å². The van der Waals surface area contributed by atoms with E-state index in [4.69, 9.17) is 0 Å². The topological polar surface area (TPSA) is 63.4 Å². The van der Waals surface area contributed by atoms with Crippen LogP contribution >= 0.6 is 11.3 Å². The molecule has 0 spiro atoms. The van der Waals surface area contributed by atoms with Crippen LogP contribution in [0.4, 0.5) is 0 Å². The molecule has 1 aliphatic heterocycles. The van der Waals surface area contributed by atoms with Crippen molar-refractivity contribution in [2.45, 2.75) is 25.7 Å². The molecule has 6 nitrogen and oxygen atoms in total. The smallest absolute Gasteiger partial charge is 0.234 e. The fraction of sp³-hybridized carbons (Fsp3) is 0.600. The van der Waals surface area contributed by atoms with Crippen molar-refractivity contribution in [1.29, 1.82) is 0 Å². The number of aromatic nitrogens is 4. The number of hydrogen-bond donors (Lipinski definition) is 0. The van der Waals surface area contributed by atoms with E-state index in [1.165, 1.54) is 0 Å². The molecule has 90 valence electrons.